The van der Waals surface area contributed by atoms with Crippen LogP contribution in [0.3, 0.4) is 0 Å². The van der Waals surface area contributed by atoms with Gasteiger partial charge in [0.15, 0.2) is 0 Å². The molecule has 1 rings (SSSR count). The van der Waals surface area contributed by atoms with Gasteiger partial charge in [-0.3, -0.25) is 0 Å². The van der Waals surface area contributed by atoms with E-state index in [1.807, 2.05) is 0 Å². The van der Waals surface area contributed by atoms with Crippen molar-refractivity contribution < 1.29 is 23.4 Å². The van der Waals surface area contributed by atoms with Crippen molar-refractivity contribution in [3.63, 3.8) is 0 Å². The number of rotatable bonds is 7. The van der Waals surface area contributed by atoms with E-state index in [2.05, 4.69) is 4.72 Å². The number of nitrogen functional groups attached to an aromatic ring is 1. The lowest BCUT2D eigenvalue weighted by molar-refractivity contribution is 0.0697. The van der Waals surface area contributed by atoms with Gasteiger partial charge in [0.25, 0.3) is 0 Å². The van der Waals surface area contributed by atoms with Crippen molar-refractivity contribution in [3.8, 4) is 0 Å². The van der Waals surface area contributed by atoms with Crippen LogP contribution in [-0.4, -0.2) is 48.8 Å². The predicted molar refractivity (Wildman–Crippen MR) is 82.0 cm³/mol. The SMILES string of the molecule is CSC(CO)C(C)NS(=O)(=O)c1ccc(C(=O)O)cc1N. The molecule has 0 fully saturated rings. The van der Waals surface area contributed by atoms with Gasteiger partial charge in [-0.1, -0.05) is 0 Å². The molecule has 5 N–H and O–H groups in total. The highest BCUT2D eigenvalue weighted by Crippen LogP contribution is 2.21. The van der Waals surface area contributed by atoms with Crippen LogP contribution in [-0.2, 0) is 10.0 Å². The van der Waals surface area contributed by atoms with Crippen LogP contribution >= 0.6 is 11.8 Å². The Morgan fingerprint density at radius 2 is 2.10 bits per heavy atom. The standard InChI is InChI=1S/C12H18N2O5S2/c1-7(10(6-15)20-2)14-21(18,19)11-4-3-8(12(16)17)5-9(11)13/h3-5,7,10,14-15H,6,13H2,1-2H3,(H,16,17). The Morgan fingerprint density at radius 1 is 1.48 bits per heavy atom. The molecule has 1 aromatic carbocycles. The fourth-order valence-electron chi connectivity index (χ4n) is 1.75. The number of nitrogens with two attached hydrogens (primary N) is 1. The molecule has 118 valence electrons. The second-order valence-corrected chi connectivity index (χ2v) is 7.18. The van der Waals surface area contributed by atoms with Crippen LogP contribution in [0, 0.1) is 0 Å². The molecule has 2 atom stereocenters. The molecule has 0 amide bonds. The normalized spacial score (nSPS) is 14.6. The van der Waals surface area contributed by atoms with E-state index in [4.69, 9.17) is 10.8 Å². The van der Waals surface area contributed by atoms with Crippen molar-refractivity contribution in [2.24, 2.45) is 0 Å². The van der Waals surface area contributed by atoms with Gasteiger partial charge in [0, 0.05) is 11.3 Å². The smallest absolute Gasteiger partial charge is 0.335 e. The minimum absolute atomic E-state index is 0.0863. The molecule has 0 saturated heterocycles. The lowest BCUT2D eigenvalue weighted by atomic mass is 10.2. The van der Waals surface area contributed by atoms with Crippen LogP contribution in [0.5, 0.6) is 0 Å². The molecule has 21 heavy (non-hydrogen) atoms. The summed E-state index contributed by atoms with van der Waals surface area (Å²) in [6.45, 7) is 1.47. The second-order valence-electron chi connectivity index (χ2n) is 4.42. The number of aliphatic hydroxyl groups excluding tert-OH is 1. The quantitative estimate of drug-likeness (QED) is 0.530. The summed E-state index contributed by atoms with van der Waals surface area (Å²) in [6.07, 6.45) is 1.77. The Kier molecular flexibility index (Phi) is 6.02. The molecule has 0 aromatic heterocycles. The van der Waals surface area contributed by atoms with Gasteiger partial charge >= 0.3 is 5.97 Å². The molecule has 2 unspecified atom stereocenters. The zero-order valence-electron chi connectivity index (χ0n) is 11.6. The lowest BCUT2D eigenvalue weighted by Crippen LogP contribution is -2.41. The first-order chi connectivity index (χ1) is 9.72. The van der Waals surface area contributed by atoms with Crippen molar-refractivity contribution >= 4 is 33.4 Å². The second kappa shape index (κ2) is 7.12. The van der Waals surface area contributed by atoms with Crippen LogP contribution in [0.25, 0.3) is 0 Å². The highest BCUT2D eigenvalue weighted by molar-refractivity contribution is 7.99. The zero-order valence-corrected chi connectivity index (χ0v) is 13.2. The fourth-order valence-corrected chi connectivity index (χ4v) is 3.86. The highest BCUT2D eigenvalue weighted by Gasteiger charge is 2.25. The Labute approximate surface area is 127 Å². The average molecular weight is 334 g/mol. The summed E-state index contributed by atoms with van der Waals surface area (Å²) < 4.78 is 26.9. The monoisotopic (exact) mass is 334 g/mol. The summed E-state index contributed by atoms with van der Waals surface area (Å²) in [5, 5.41) is 17.7. The van der Waals surface area contributed by atoms with Crippen LogP contribution in [0.1, 0.15) is 17.3 Å². The third-order valence-electron chi connectivity index (χ3n) is 2.93. The van der Waals surface area contributed by atoms with Crippen molar-refractivity contribution in [2.45, 2.75) is 23.1 Å². The van der Waals surface area contributed by atoms with E-state index < -0.39 is 22.0 Å². The molecular weight excluding hydrogens is 316 g/mol. The zero-order chi connectivity index (χ0) is 16.2. The fraction of sp³-hybridized carbons (Fsp3) is 0.417. The maximum Gasteiger partial charge on any atom is 0.335 e. The number of carboxylic acids is 1. The first-order valence-corrected chi connectivity index (χ1v) is 8.78. The Balaban J connectivity index is 3.06. The molecule has 0 aliphatic carbocycles. The first kappa shape index (κ1) is 17.8. The molecule has 0 spiro atoms. The van der Waals surface area contributed by atoms with Gasteiger partial charge in [-0.05, 0) is 31.4 Å². The highest BCUT2D eigenvalue weighted by atomic mass is 32.2. The minimum atomic E-state index is -3.89. The van der Waals surface area contributed by atoms with Gasteiger partial charge in [-0.25, -0.2) is 17.9 Å². The van der Waals surface area contributed by atoms with Crippen LogP contribution < -0.4 is 10.5 Å². The number of carboxylic acid groups (broad SMARTS) is 1. The number of hydrogen-bond donors (Lipinski definition) is 4. The number of hydrogen-bond acceptors (Lipinski definition) is 6. The molecular formula is C12H18N2O5S2. The van der Waals surface area contributed by atoms with E-state index >= 15 is 0 Å². The number of carbonyl (C=O) groups is 1. The third-order valence-corrected chi connectivity index (χ3v) is 5.72. The third kappa shape index (κ3) is 4.34. The summed E-state index contributed by atoms with van der Waals surface area (Å²) >= 11 is 1.34. The van der Waals surface area contributed by atoms with Crippen molar-refractivity contribution in [2.75, 3.05) is 18.6 Å². The van der Waals surface area contributed by atoms with Gasteiger partial charge in [-0.2, -0.15) is 11.8 Å². The molecule has 0 aliphatic heterocycles. The Morgan fingerprint density at radius 3 is 2.52 bits per heavy atom. The van der Waals surface area contributed by atoms with Gasteiger partial charge in [0.2, 0.25) is 10.0 Å². The topological polar surface area (TPSA) is 130 Å². The van der Waals surface area contributed by atoms with Crippen LogP contribution in [0.15, 0.2) is 23.1 Å². The van der Waals surface area contributed by atoms with Crippen LogP contribution in [0.2, 0.25) is 0 Å². The molecule has 7 nitrogen and oxygen atoms in total. The summed E-state index contributed by atoms with van der Waals surface area (Å²) in [4.78, 5) is 10.6. The lowest BCUT2D eigenvalue weighted by Gasteiger charge is -2.21. The molecule has 0 radical (unpaired) electrons. The van der Waals surface area contributed by atoms with Crippen LogP contribution in [0.4, 0.5) is 5.69 Å². The molecule has 9 heteroatoms. The van der Waals surface area contributed by atoms with Gasteiger partial charge in [0.1, 0.15) is 4.90 Å². The van der Waals surface area contributed by atoms with E-state index in [-0.39, 0.29) is 28.0 Å². The number of aliphatic hydroxyl groups is 1. The Bertz CT molecular complexity index is 614. The number of aromatic carboxylic acids is 1. The number of anilines is 1. The van der Waals surface area contributed by atoms with E-state index in [1.165, 1.54) is 17.8 Å². The first-order valence-electron chi connectivity index (χ1n) is 6.01. The van der Waals surface area contributed by atoms with Crippen molar-refractivity contribution in [1.29, 1.82) is 0 Å². The molecule has 1 aromatic rings. The number of sulfonamides is 1. The largest absolute Gasteiger partial charge is 0.478 e. The van der Waals surface area contributed by atoms with Crippen molar-refractivity contribution in [1.82, 2.24) is 4.72 Å². The molecule has 0 saturated carbocycles. The molecule has 0 heterocycles. The summed E-state index contributed by atoms with van der Waals surface area (Å²) in [7, 11) is -3.89. The summed E-state index contributed by atoms with van der Waals surface area (Å²) in [5.41, 5.74) is 5.40. The van der Waals surface area contributed by atoms with E-state index in [0.717, 1.165) is 12.1 Å². The maximum atomic E-state index is 12.3. The van der Waals surface area contributed by atoms with Gasteiger partial charge < -0.3 is 15.9 Å². The summed E-state index contributed by atoms with van der Waals surface area (Å²) in [5.74, 6) is -1.19. The summed E-state index contributed by atoms with van der Waals surface area (Å²) in [6, 6.07) is 2.92. The maximum absolute atomic E-state index is 12.3. The molecule has 0 bridgehead atoms. The number of benzene rings is 1. The molecule has 0 aliphatic rings. The Hall–Kier alpha value is -1.29. The predicted octanol–water partition coefficient (Wildman–Crippen LogP) is 0.358. The van der Waals surface area contributed by atoms with Crippen molar-refractivity contribution in [3.05, 3.63) is 23.8 Å². The van der Waals surface area contributed by atoms with E-state index in [1.54, 1.807) is 13.2 Å². The number of nitrogens with one attached hydrogen (secondary N) is 1. The van der Waals surface area contributed by atoms with Gasteiger partial charge in [0.05, 0.1) is 17.9 Å². The van der Waals surface area contributed by atoms with Gasteiger partial charge in [-0.15, -0.1) is 0 Å². The van der Waals surface area contributed by atoms with E-state index in [9.17, 15) is 18.3 Å². The average Bonchev–Trinajstić information content (AvgIpc) is 2.38. The number of thioether (sulfide) groups is 1. The van der Waals surface area contributed by atoms with E-state index in [0.29, 0.717) is 0 Å². The minimum Gasteiger partial charge on any atom is -0.478 e.